The Labute approximate surface area is 153 Å². The van der Waals surface area contributed by atoms with Crippen LogP contribution < -0.4 is 9.47 Å². The Morgan fingerprint density at radius 3 is 2.54 bits per heavy atom. The highest BCUT2D eigenvalue weighted by Gasteiger charge is 2.32. The van der Waals surface area contributed by atoms with Crippen molar-refractivity contribution < 1.29 is 17.9 Å². The third-order valence-electron chi connectivity index (χ3n) is 4.77. The van der Waals surface area contributed by atoms with Crippen molar-refractivity contribution in [1.29, 1.82) is 0 Å². The lowest BCUT2D eigenvalue weighted by molar-refractivity contribution is 0.269. The highest BCUT2D eigenvalue weighted by molar-refractivity contribution is 7.89. The van der Waals surface area contributed by atoms with Gasteiger partial charge >= 0.3 is 0 Å². The molecule has 1 aliphatic heterocycles. The molecule has 142 valence electrons. The van der Waals surface area contributed by atoms with Crippen molar-refractivity contribution in [3.8, 4) is 11.5 Å². The Morgan fingerprint density at radius 1 is 1.19 bits per heavy atom. The lowest BCUT2D eigenvalue weighted by Gasteiger charge is -2.32. The van der Waals surface area contributed by atoms with Gasteiger partial charge in [-0.1, -0.05) is 6.92 Å². The van der Waals surface area contributed by atoms with Gasteiger partial charge in [-0.2, -0.15) is 4.31 Å². The van der Waals surface area contributed by atoms with E-state index in [0.29, 0.717) is 24.6 Å². The summed E-state index contributed by atoms with van der Waals surface area (Å²) in [6, 6.07) is 5.03. The number of aryl methyl sites for hydroxylation is 1. The van der Waals surface area contributed by atoms with E-state index in [2.05, 4.69) is 14.8 Å². The first kappa shape index (κ1) is 18.7. The fourth-order valence-corrected chi connectivity index (χ4v) is 4.95. The summed E-state index contributed by atoms with van der Waals surface area (Å²) in [5.74, 6) is 1.73. The summed E-state index contributed by atoms with van der Waals surface area (Å²) in [6.45, 7) is 2.92. The second-order valence-corrected chi connectivity index (χ2v) is 8.07. The zero-order chi connectivity index (χ0) is 18.7. The van der Waals surface area contributed by atoms with Crippen molar-refractivity contribution in [2.75, 3.05) is 27.3 Å². The molecule has 0 N–H and O–H groups in total. The van der Waals surface area contributed by atoms with Crippen LogP contribution in [0.1, 0.15) is 31.6 Å². The van der Waals surface area contributed by atoms with Gasteiger partial charge in [0.25, 0.3) is 0 Å². The third-order valence-corrected chi connectivity index (χ3v) is 6.69. The van der Waals surface area contributed by atoms with Crippen LogP contribution in [0.5, 0.6) is 11.5 Å². The molecule has 9 heteroatoms. The van der Waals surface area contributed by atoms with Crippen LogP contribution >= 0.6 is 0 Å². The van der Waals surface area contributed by atoms with Crippen molar-refractivity contribution >= 4 is 10.0 Å². The summed E-state index contributed by atoms with van der Waals surface area (Å²) in [5.41, 5.74) is 0. The molecule has 3 rings (SSSR count). The van der Waals surface area contributed by atoms with Gasteiger partial charge in [-0.15, -0.1) is 10.2 Å². The molecule has 0 bridgehead atoms. The van der Waals surface area contributed by atoms with Crippen molar-refractivity contribution in [2.24, 2.45) is 0 Å². The molecule has 0 spiro atoms. The number of hydrogen-bond acceptors (Lipinski definition) is 6. The van der Waals surface area contributed by atoms with Gasteiger partial charge in [-0.25, -0.2) is 8.42 Å². The molecule has 0 atom stereocenters. The molecule has 0 aliphatic carbocycles. The predicted molar refractivity (Wildman–Crippen MR) is 96.0 cm³/mol. The largest absolute Gasteiger partial charge is 0.497 e. The van der Waals surface area contributed by atoms with E-state index in [4.69, 9.17) is 9.47 Å². The van der Waals surface area contributed by atoms with Crippen molar-refractivity contribution in [1.82, 2.24) is 19.1 Å². The highest BCUT2D eigenvalue weighted by Crippen LogP contribution is 2.33. The number of piperidine rings is 1. The molecule has 1 aromatic carbocycles. The van der Waals surface area contributed by atoms with Crippen LogP contribution in [0, 0.1) is 0 Å². The third kappa shape index (κ3) is 3.41. The molecule has 0 radical (unpaired) electrons. The van der Waals surface area contributed by atoms with Gasteiger partial charge in [0.1, 0.15) is 28.5 Å². The van der Waals surface area contributed by atoms with Crippen molar-refractivity contribution in [3.63, 3.8) is 0 Å². The Bertz CT molecular complexity index is 857. The fourth-order valence-electron chi connectivity index (χ4n) is 3.31. The highest BCUT2D eigenvalue weighted by atomic mass is 32.2. The maximum absolute atomic E-state index is 13.1. The van der Waals surface area contributed by atoms with E-state index in [1.807, 2.05) is 6.92 Å². The molecule has 1 saturated heterocycles. The van der Waals surface area contributed by atoms with Gasteiger partial charge in [-0.3, -0.25) is 0 Å². The number of methoxy groups -OCH3 is 2. The van der Waals surface area contributed by atoms with Crippen LogP contribution in [0.3, 0.4) is 0 Å². The first-order valence-electron chi connectivity index (χ1n) is 8.61. The number of sulfonamides is 1. The summed E-state index contributed by atoms with van der Waals surface area (Å²) in [4.78, 5) is 0.136. The number of rotatable bonds is 6. The lowest BCUT2D eigenvalue weighted by atomic mass is 10.1. The SMILES string of the molecule is CCc1nncn1C1CCN(S(=O)(=O)c2cc(OC)ccc2OC)CC1. The minimum atomic E-state index is -3.66. The van der Waals surface area contributed by atoms with E-state index in [0.717, 1.165) is 25.1 Å². The molecular weight excluding hydrogens is 356 g/mol. The summed E-state index contributed by atoms with van der Waals surface area (Å²) < 4.78 is 40.2. The first-order chi connectivity index (χ1) is 12.5. The van der Waals surface area contributed by atoms with Crippen molar-refractivity contribution in [3.05, 3.63) is 30.4 Å². The van der Waals surface area contributed by atoms with Gasteiger partial charge in [-0.05, 0) is 25.0 Å². The molecule has 26 heavy (non-hydrogen) atoms. The number of hydrogen-bond donors (Lipinski definition) is 0. The van der Waals surface area contributed by atoms with Gasteiger partial charge < -0.3 is 14.0 Å². The average molecular weight is 380 g/mol. The Morgan fingerprint density at radius 2 is 1.92 bits per heavy atom. The van der Waals surface area contributed by atoms with Gasteiger partial charge in [0.15, 0.2) is 0 Å². The fraction of sp³-hybridized carbons (Fsp3) is 0.529. The van der Waals surface area contributed by atoms with E-state index in [1.165, 1.54) is 24.6 Å². The second-order valence-electron chi connectivity index (χ2n) is 6.16. The molecule has 0 unspecified atom stereocenters. The van der Waals surface area contributed by atoms with Gasteiger partial charge in [0.05, 0.1) is 14.2 Å². The number of nitrogens with zero attached hydrogens (tertiary/aromatic N) is 4. The smallest absolute Gasteiger partial charge is 0.246 e. The lowest BCUT2D eigenvalue weighted by Crippen LogP contribution is -2.39. The molecular formula is C17H24N4O4S. The van der Waals surface area contributed by atoms with E-state index in [1.54, 1.807) is 18.5 Å². The van der Waals surface area contributed by atoms with E-state index >= 15 is 0 Å². The Balaban J connectivity index is 1.80. The van der Waals surface area contributed by atoms with Gasteiger partial charge in [0, 0.05) is 31.6 Å². The van der Waals surface area contributed by atoms with Crippen LogP contribution in [-0.4, -0.2) is 54.8 Å². The summed E-state index contributed by atoms with van der Waals surface area (Å²) in [5, 5.41) is 8.09. The molecule has 1 fully saturated rings. The maximum Gasteiger partial charge on any atom is 0.246 e. The topological polar surface area (TPSA) is 86.6 Å². The molecule has 1 aliphatic rings. The summed E-state index contributed by atoms with van der Waals surface area (Å²) in [7, 11) is -0.686. The zero-order valence-electron chi connectivity index (χ0n) is 15.3. The molecule has 2 heterocycles. The van der Waals surface area contributed by atoms with E-state index in [9.17, 15) is 8.42 Å². The van der Waals surface area contributed by atoms with Crippen LogP contribution in [0.15, 0.2) is 29.4 Å². The molecule has 0 amide bonds. The minimum absolute atomic E-state index is 0.136. The van der Waals surface area contributed by atoms with Crippen LogP contribution in [0.4, 0.5) is 0 Å². The normalized spacial score (nSPS) is 16.6. The van der Waals surface area contributed by atoms with Crippen LogP contribution in [-0.2, 0) is 16.4 Å². The number of aromatic nitrogens is 3. The van der Waals surface area contributed by atoms with E-state index in [-0.39, 0.29) is 10.9 Å². The minimum Gasteiger partial charge on any atom is -0.497 e. The number of ether oxygens (including phenoxy) is 2. The molecule has 8 nitrogen and oxygen atoms in total. The zero-order valence-corrected chi connectivity index (χ0v) is 16.1. The van der Waals surface area contributed by atoms with E-state index < -0.39 is 10.0 Å². The molecule has 2 aromatic rings. The summed E-state index contributed by atoms with van der Waals surface area (Å²) in [6.07, 6.45) is 3.98. The van der Waals surface area contributed by atoms with Gasteiger partial charge in [0.2, 0.25) is 10.0 Å². The average Bonchev–Trinajstić information content (AvgIpc) is 3.16. The monoisotopic (exact) mass is 380 g/mol. The first-order valence-corrected chi connectivity index (χ1v) is 10.1. The van der Waals surface area contributed by atoms with Crippen LogP contribution in [0.25, 0.3) is 0 Å². The maximum atomic E-state index is 13.1. The van der Waals surface area contributed by atoms with Crippen LogP contribution in [0.2, 0.25) is 0 Å². The summed E-state index contributed by atoms with van der Waals surface area (Å²) >= 11 is 0. The predicted octanol–water partition coefficient (Wildman–Crippen LogP) is 1.88. The Hall–Kier alpha value is -2.13. The standard InChI is InChI=1S/C17H24N4O4S/c1-4-17-19-18-12-21(17)13-7-9-20(10-8-13)26(22,23)16-11-14(24-2)5-6-15(16)25-3/h5-6,11-13H,4,7-10H2,1-3H3. The second kappa shape index (κ2) is 7.63. The molecule has 1 aromatic heterocycles. The Kier molecular flexibility index (Phi) is 5.47. The number of benzene rings is 1. The van der Waals surface area contributed by atoms with Crippen molar-refractivity contribution in [2.45, 2.75) is 37.1 Å². The quantitative estimate of drug-likeness (QED) is 0.761. The molecule has 0 saturated carbocycles.